The van der Waals surface area contributed by atoms with Gasteiger partial charge >= 0.3 is 0 Å². The van der Waals surface area contributed by atoms with E-state index in [2.05, 4.69) is 63.2 Å². The van der Waals surface area contributed by atoms with Gasteiger partial charge in [0, 0.05) is 5.39 Å². The van der Waals surface area contributed by atoms with Crippen LogP contribution in [0.4, 0.5) is 0 Å². The summed E-state index contributed by atoms with van der Waals surface area (Å²) in [4.78, 5) is 0. The molecule has 1 heterocycles. The van der Waals surface area contributed by atoms with Crippen molar-refractivity contribution < 1.29 is 9.47 Å². The van der Waals surface area contributed by atoms with Crippen LogP contribution in [-0.2, 0) is 4.74 Å². The van der Waals surface area contributed by atoms with Crippen LogP contribution in [0.2, 0.25) is 0 Å². The van der Waals surface area contributed by atoms with Crippen molar-refractivity contribution in [2.75, 3.05) is 6.61 Å². The molecule has 1 aliphatic heterocycles. The highest BCUT2D eigenvalue weighted by Gasteiger charge is 2.46. The van der Waals surface area contributed by atoms with Gasteiger partial charge in [0.15, 0.2) is 0 Å². The number of ether oxygens (including phenoxy) is 2. The lowest BCUT2D eigenvalue weighted by atomic mass is 9.98. The average molecular weight is 298 g/mol. The smallest absolute Gasteiger partial charge is 0.127 e. The van der Waals surface area contributed by atoms with Crippen molar-refractivity contribution in [1.29, 1.82) is 0 Å². The molecular formula is C20H26O2. The second-order valence-electron chi connectivity index (χ2n) is 7.01. The van der Waals surface area contributed by atoms with E-state index in [0.717, 1.165) is 18.8 Å². The SMILES string of the molecule is CC(CCOc1cccc2ccccc12)CCC1OC1(C)C. The fraction of sp³-hybridized carbons (Fsp3) is 0.500. The largest absolute Gasteiger partial charge is 0.493 e. The summed E-state index contributed by atoms with van der Waals surface area (Å²) in [5.74, 6) is 1.67. The van der Waals surface area contributed by atoms with E-state index in [1.54, 1.807) is 0 Å². The quantitative estimate of drug-likeness (QED) is 0.655. The van der Waals surface area contributed by atoms with Gasteiger partial charge in [-0.15, -0.1) is 0 Å². The maximum Gasteiger partial charge on any atom is 0.127 e. The standard InChI is InChI=1S/C20H26O2/c1-15(11-12-19-20(2,3)22-19)13-14-21-18-10-6-8-16-7-4-5-9-17(16)18/h4-10,15,19H,11-14H2,1-3H3. The second kappa shape index (κ2) is 6.29. The first-order valence-corrected chi connectivity index (χ1v) is 8.34. The Labute approximate surface area is 133 Å². The molecule has 0 N–H and O–H groups in total. The molecule has 0 saturated carbocycles. The van der Waals surface area contributed by atoms with Crippen molar-refractivity contribution in [3.63, 3.8) is 0 Å². The van der Waals surface area contributed by atoms with Crippen molar-refractivity contribution in [2.24, 2.45) is 5.92 Å². The molecule has 1 fully saturated rings. The maximum atomic E-state index is 6.02. The number of hydrogen-bond donors (Lipinski definition) is 0. The van der Waals surface area contributed by atoms with Gasteiger partial charge in [-0.3, -0.25) is 0 Å². The summed E-state index contributed by atoms with van der Waals surface area (Å²) < 4.78 is 11.7. The van der Waals surface area contributed by atoms with E-state index in [0.29, 0.717) is 12.0 Å². The van der Waals surface area contributed by atoms with E-state index >= 15 is 0 Å². The fourth-order valence-electron chi connectivity index (χ4n) is 3.01. The summed E-state index contributed by atoms with van der Waals surface area (Å²) in [6, 6.07) is 14.6. The molecule has 1 aliphatic rings. The minimum Gasteiger partial charge on any atom is -0.493 e. The molecule has 2 aromatic carbocycles. The fourth-order valence-corrected chi connectivity index (χ4v) is 3.01. The van der Waals surface area contributed by atoms with E-state index in [1.165, 1.54) is 23.6 Å². The Balaban J connectivity index is 1.46. The average Bonchev–Trinajstić information content (AvgIpc) is 3.13. The monoisotopic (exact) mass is 298 g/mol. The molecular weight excluding hydrogens is 272 g/mol. The second-order valence-corrected chi connectivity index (χ2v) is 7.01. The van der Waals surface area contributed by atoms with Crippen LogP contribution in [0.25, 0.3) is 10.8 Å². The zero-order valence-corrected chi connectivity index (χ0v) is 13.8. The highest BCUT2D eigenvalue weighted by Crippen LogP contribution is 2.39. The van der Waals surface area contributed by atoms with Gasteiger partial charge in [0.1, 0.15) is 5.75 Å². The first-order valence-electron chi connectivity index (χ1n) is 8.34. The third-order valence-corrected chi connectivity index (χ3v) is 4.70. The molecule has 0 aromatic heterocycles. The van der Waals surface area contributed by atoms with Crippen LogP contribution >= 0.6 is 0 Å². The molecule has 2 nitrogen and oxygen atoms in total. The van der Waals surface area contributed by atoms with Gasteiger partial charge in [-0.05, 0) is 50.5 Å². The lowest BCUT2D eigenvalue weighted by Gasteiger charge is -2.13. The first kappa shape index (κ1) is 15.4. The zero-order chi connectivity index (χ0) is 15.6. The topological polar surface area (TPSA) is 21.8 Å². The molecule has 3 rings (SSSR count). The lowest BCUT2D eigenvalue weighted by Crippen LogP contribution is -2.08. The van der Waals surface area contributed by atoms with Gasteiger partial charge in [0.25, 0.3) is 0 Å². The zero-order valence-electron chi connectivity index (χ0n) is 13.8. The lowest BCUT2D eigenvalue weighted by molar-refractivity contribution is 0.273. The molecule has 2 aromatic rings. The van der Waals surface area contributed by atoms with Crippen molar-refractivity contribution in [3.05, 3.63) is 42.5 Å². The van der Waals surface area contributed by atoms with Gasteiger partial charge < -0.3 is 9.47 Å². The van der Waals surface area contributed by atoms with E-state index in [4.69, 9.17) is 9.47 Å². The van der Waals surface area contributed by atoms with Crippen LogP contribution in [0, 0.1) is 5.92 Å². The Kier molecular flexibility index (Phi) is 4.39. The number of epoxide rings is 1. The summed E-state index contributed by atoms with van der Waals surface area (Å²) in [5.41, 5.74) is 0.124. The molecule has 2 heteroatoms. The summed E-state index contributed by atoms with van der Waals surface area (Å²) in [6.45, 7) is 7.43. The maximum absolute atomic E-state index is 6.02. The normalized spacial score (nSPS) is 20.8. The molecule has 118 valence electrons. The molecule has 0 aliphatic carbocycles. The Morgan fingerprint density at radius 1 is 1.09 bits per heavy atom. The van der Waals surface area contributed by atoms with Crippen molar-refractivity contribution >= 4 is 10.8 Å². The van der Waals surface area contributed by atoms with Crippen molar-refractivity contribution in [2.45, 2.75) is 51.7 Å². The third kappa shape index (κ3) is 3.61. The van der Waals surface area contributed by atoms with E-state index in [-0.39, 0.29) is 5.60 Å². The minimum absolute atomic E-state index is 0.124. The summed E-state index contributed by atoms with van der Waals surface area (Å²) in [6.07, 6.45) is 3.94. The summed E-state index contributed by atoms with van der Waals surface area (Å²) >= 11 is 0. The Morgan fingerprint density at radius 3 is 2.59 bits per heavy atom. The molecule has 2 atom stereocenters. The van der Waals surface area contributed by atoms with Crippen LogP contribution < -0.4 is 4.74 Å². The van der Waals surface area contributed by atoms with Crippen LogP contribution in [0.5, 0.6) is 5.75 Å². The minimum atomic E-state index is 0.124. The molecule has 2 unspecified atom stereocenters. The third-order valence-electron chi connectivity index (χ3n) is 4.70. The Morgan fingerprint density at radius 2 is 1.82 bits per heavy atom. The number of fused-ring (bicyclic) bond motifs is 1. The van der Waals surface area contributed by atoms with E-state index in [9.17, 15) is 0 Å². The summed E-state index contributed by atoms with van der Waals surface area (Å²) in [5, 5.41) is 2.44. The predicted molar refractivity (Wildman–Crippen MR) is 91.4 cm³/mol. The first-order chi connectivity index (χ1) is 10.6. The van der Waals surface area contributed by atoms with E-state index < -0.39 is 0 Å². The van der Waals surface area contributed by atoms with Crippen LogP contribution in [0.3, 0.4) is 0 Å². The van der Waals surface area contributed by atoms with Crippen LogP contribution in [0.1, 0.15) is 40.0 Å². The number of rotatable bonds is 7. The van der Waals surface area contributed by atoms with Crippen LogP contribution in [0.15, 0.2) is 42.5 Å². The van der Waals surface area contributed by atoms with Crippen molar-refractivity contribution in [1.82, 2.24) is 0 Å². The number of hydrogen-bond acceptors (Lipinski definition) is 2. The molecule has 22 heavy (non-hydrogen) atoms. The van der Waals surface area contributed by atoms with Gasteiger partial charge in [-0.1, -0.05) is 43.3 Å². The Hall–Kier alpha value is -1.54. The molecule has 0 spiro atoms. The highest BCUT2D eigenvalue weighted by molar-refractivity contribution is 5.88. The molecule has 0 radical (unpaired) electrons. The van der Waals surface area contributed by atoms with E-state index in [1.807, 2.05) is 0 Å². The van der Waals surface area contributed by atoms with Crippen molar-refractivity contribution in [3.8, 4) is 5.75 Å². The molecule has 0 bridgehead atoms. The highest BCUT2D eigenvalue weighted by atomic mass is 16.6. The number of benzene rings is 2. The van der Waals surface area contributed by atoms with Gasteiger partial charge in [-0.25, -0.2) is 0 Å². The summed E-state index contributed by atoms with van der Waals surface area (Å²) in [7, 11) is 0. The Bertz CT molecular complexity index is 627. The molecule has 1 saturated heterocycles. The van der Waals surface area contributed by atoms with Gasteiger partial charge in [0.2, 0.25) is 0 Å². The van der Waals surface area contributed by atoms with Gasteiger partial charge in [0.05, 0.1) is 18.3 Å². The van der Waals surface area contributed by atoms with Gasteiger partial charge in [-0.2, -0.15) is 0 Å². The van der Waals surface area contributed by atoms with Crippen LogP contribution in [-0.4, -0.2) is 18.3 Å². The molecule has 0 amide bonds. The predicted octanol–water partition coefficient (Wildman–Crippen LogP) is 5.20.